The van der Waals surface area contributed by atoms with Crippen molar-refractivity contribution in [1.29, 1.82) is 0 Å². The Morgan fingerprint density at radius 3 is 3.00 bits per heavy atom. The Hall–Kier alpha value is -1.14. The van der Waals surface area contributed by atoms with Crippen molar-refractivity contribution >= 4 is 21.6 Å². The molecule has 0 amide bonds. The lowest BCUT2D eigenvalue weighted by atomic mass is 10.2. The summed E-state index contributed by atoms with van der Waals surface area (Å²) in [5.74, 6) is 0.629. The minimum atomic E-state index is -0.453. The number of ether oxygens (including phenoxy) is 1. The van der Waals surface area contributed by atoms with Gasteiger partial charge >= 0.3 is 0 Å². The van der Waals surface area contributed by atoms with Gasteiger partial charge in [0, 0.05) is 6.42 Å². The number of hydrogen-bond donors (Lipinski definition) is 1. The maximum absolute atomic E-state index is 9.39. The van der Waals surface area contributed by atoms with Gasteiger partial charge in [0.25, 0.3) is 0 Å². The second-order valence-corrected chi connectivity index (χ2v) is 4.42. The Balaban J connectivity index is 2.56. The van der Waals surface area contributed by atoms with Gasteiger partial charge in [-0.25, -0.2) is 9.50 Å². The van der Waals surface area contributed by atoms with E-state index in [4.69, 9.17) is 4.74 Å². The third-order valence-corrected chi connectivity index (χ3v) is 2.76. The monoisotopic (exact) mass is 285 g/mol. The van der Waals surface area contributed by atoms with Crippen molar-refractivity contribution < 1.29 is 9.84 Å². The van der Waals surface area contributed by atoms with E-state index in [1.807, 2.05) is 0 Å². The summed E-state index contributed by atoms with van der Waals surface area (Å²) in [5, 5.41) is 13.5. The van der Waals surface area contributed by atoms with E-state index in [1.54, 1.807) is 30.9 Å². The highest BCUT2D eigenvalue weighted by Gasteiger charge is 2.12. The first kappa shape index (κ1) is 11.3. The van der Waals surface area contributed by atoms with Crippen LogP contribution in [0.1, 0.15) is 12.6 Å². The lowest BCUT2D eigenvalue weighted by molar-refractivity contribution is 0.192. The van der Waals surface area contributed by atoms with Gasteiger partial charge in [0.05, 0.1) is 35.8 Å². The molecule has 6 heteroatoms. The lowest BCUT2D eigenvalue weighted by Crippen LogP contribution is -2.09. The minimum absolute atomic E-state index is 0.453. The fraction of sp³-hybridized carbons (Fsp3) is 0.400. The van der Waals surface area contributed by atoms with Gasteiger partial charge in [0.1, 0.15) is 0 Å². The largest absolute Gasteiger partial charge is 0.493 e. The molecule has 0 aromatic carbocycles. The van der Waals surface area contributed by atoms with Gasteiger partial charge < -0.3 is 9.84 Å². The molecular weight excluding hydrogens is 274 g/mol. The molecular formula is C10H12BrN3O2. The van der Waals surface area contributed by atoms with Gasteiger partial charge in [-0.15, -0.1) is 0 Å². The van der Waals surface area contributed by atoms with Crippen LogP contribution in [0.2, 0.25) is 0 Å². The Morgan fingerprint density at radius 1 is 1.62 bits per heavy atom. The number of methoxy groups -OCH3 is 1. The van der Waals surface area contributed by atoms with Crippen LogP contribution in [0.25, 0.3) is 5.65 Å². The average molecular weight is 286 g/mol. The van der Waals surface area contributed by atoms with Crippen LogP contribution in [0, 0.1) is 0 Å². The summed E-state index contributed by atoms with van der Waals surface area (Å²) in [6, 6.07) is 0. The molecule has 5 nitrogen and oxygen atoms in total. The van der Waals surface area contributed by atoms with Crippen molar-refractivity contribution in [1.82, 2.24) is 14.6 Å². The van der Waals surface area contributed by atoms with Gasteiger partial charge in [-0.05, 0) is 22.9 Å². The van der Waals surface area contributed by atoms with Crippen LogP contribution in [0.15, 0.2) is 16.9 Å². The number of aliphatic hydroxyl groups is 1. The Labute approximate surface area is 101 Å². The van der Waals surface area contributed by atoms with Gasteiger partial charge in [-0.3, -0.25) is 0 Å². The fourth-order valence-corrected chi connectivity index (χ4v) is 1.86. The Kier molecular flexibility index (Phi) is 3.11. The zero-order valence-corrected chi connectivity index (χ0v) is 10.6. The maximum atomic E-state index is 9.39. The molecule has 1 unspecified atom stereocenters. The molecule has 2 aromatic rings. The van der Waals surface area contributed by atoms with E-state index >= 15 is 0 Å². The van der Waals surface area contributed by atoms with Crippen molar-refractivity contribution in [2.75, 3.05) is 7.11 Å². The normalized spacial score (nSPS) is 13.0. The molecule has 0 spiro atoms. The molecule has 0 aliphatic carbocycles. The summed E-state index contributed by atoms with van der Waals surface area (Å²) in [4.78, 5) is 4.41. The van der Waals surface area contributed by atoms with Crippen LogP contribution in [-0.2, 0) is 6.42 Å². The maximum Gasteiger partial charge on any atom is 0.169 e. The predicted octanol–water partition coefficient (Wildman–Crippen LogP) is 1.42. The Bertz CT molecular complexity index is 510. The lowest BCUT2D eigenvalue weighted by Gasteiger charge is -2.09. The molecule has 16 heavy (non-hydrogen) atoms. The zero-order chi connectivity index (χ0) is 11.7. The van der Waals surface area contributed by atoms with E-state index in [9.17, 15) is 5.11 Å². The van der Waals surface area contributed by atoms with E-state index < -0.39 is 6.10 Å². The second-order valence-electron chi connectivity index (χ2n) is 3.57. The number of nitrogens with zero attached hydrogens (tertiary/aromatic N) is 3. The summed E-state index contributed by atoms with van der Waals surface area (Å²) in [6.45, 7) is 1.72. The summed E-state index contributed by atoms with van der Waals surface area (Å²) >= 11 is 3.36. The fourth-order valence-electron chi connectivity index (χ4n) is 1.50. The van der Waals surface area contributed by atoms with E-state index in [0.717, 1.165) is 15.8 Å². The Morgan fingerprint density at radius 2 is 2.38 bits per heavy atom. The highest BCUT2D eigenvalue weighted by molar-refractivity contribution is 9.10. The summed E-state index contributed by atoms with van der Waals surface area (Å²) in [6.07, 6.45) is 3.43. The SMILES string of the molecule is COc1cn2ncc(Br)c2nc1CC(C)O. The van der Waals surface area contributed by atoms with Crippen LogP contribution in [-0.4, -0.2) is 32.9 Å². The van der Waals surface area contributed by atoms with Crippen LogP contribution in [0.4, 0.5) is 0 Å². The predicted molar refractivity (Wildman–Crippen MR) is 62.6 cm³/mol. The van der Waals surface area contributed by atoms with Crippen molar-refractivity contribution in [2.24, 2.45) is 0 Å². The van der Waals surface area contributed by atoms with Crippen molar-refractivity contribution in [3.05, 3.63) is 22.6 Å². The summed E-state index contributed by atoms with van der Waals surface area (Å²) in [7, 11) is 1.58. The highest BCUT2D eigenvalue weighted by Crippen LogP contribution is 2.22. The molecule has 2 heterocycles. The molecule has 0 saturated carbocycles. The second kappa shape index (κ2) is 4.39. The molecule has 2 aromatic heterocycles. The number of aliphatic hydroxyl groups excluding tert-OH is 1. The molecule has 0 radical (unpaired) electrons. The number of rotatable bonds is 3. The first-order valence-corrected chi connectivity index (χ1v) is 5.66. The zero-order valence-electron chi connectivity index (χ0n) is 9.01. The molecule has 0 bridgehead atoms. The molecule has 0 fully saturated rings. The van der Waals surface area contributed by atoms with Gasteiger partial charge in [-0.1, -0.05) is 0 Å². The van der Waals surface area contributed by atoms with Crippen LogP contribution in [0.5, 0.6) is 5.75 Å². The average Bonchev–Trinajstić information content (AvgIpc) is 2.58. The molecule has 0 aliphatic rings. The van der Waals surface area contributed by atoms with E-state index in [1.165, 1.54) is 0 Å². The van der Waals surface area contributed by atoms with Gasteiger partial charge in [0.15, 0.2) is 11.4 Å². The third kappa shape index (κ3) is 2.03. The van der Waals surface area contributed by atoms with E-state index in [-0.39, 0.29) is 0 Å². The number of hydrogen-bond acceptors (Lipinski definition) is 4. The van der Waals surface area contributed by atoms with Crippen LogP contribution < -0.4 is 4.74 Å². The number of fused-ring (bicyclic) bond motifs is 1. The molecule has 1 N–H and O–H groups in total. The van der Waals surface area contributed by atoms with E-state index in [2.05, 4.69) is 26.0 Å². The first-order valence-electron chi connectivity index (χ1n) is 4.86. The van der Waals surface area contributed by atoms with Crippen LogP contribution >= 0.6 is 15.9 Å². The van der Waals surface area contributed by atoms with Crippen molar-refractivity contribution in [3.8, 4) is 5.75 Å². The summed E-state index contributed by atoms with van der Waals surface area (Å²) < 4.78 is 7.67. The van der Waals surface area contributed by atoms with Gasteiger partial charge in [-0.2, -0.15) is 5.10 Å². The molecule has 86 valence electrons. The molecule has 0 saturated heterocycles. The quantitative estimate of drug-likeness (QED) is 0.927. The van der Waals surface area contributed by atoms with Gasteiger partial charge in [0.2, 0.25) is 0 Å². The topological polar surface area (TPSA) is 59.7 Å². The first-order chi connectivity index (χ1) is 7.61. The molecule has 2 rings (SSSR count). The van der Waals surface area contributed by atoms with Crippen molar-refractivity contribution in [2.45, 2.75) is 19.4 Å². The number of aromatic nitrogens is 3. The minimum Gasteiger partial charge on any atom is -0.493 e. The number of halogens is 1. The van der Waals surface area contributed by atoms with Crippen LogP contribution in [0.3, 0.4) is 0 Å². The summed E-state index contributed by atoms with van der Waals surface area (Å²) in [5.41, 5.74) is 1.45. The van der Waals surface area contributed by atoms with Crippen molar-refractivity contribution in [3.63, 3.8) is 0 Å². The highest BCUT2D eigenvalue weighted by atomic mass is 79.9. The smallest absolute Gasteiger partial charge is 0.169 e. The third-order valence-electron chi connectivity index (χ3n) is 2.20. The van der Waals surface area contributed by atoms with E-state index in [0.29, 0.717) is 12.2 Å². The molecule has 0 aliphatic heterocycles. The molecule has 1 atom stereocenters. The standard InChI is InChI=1S/C10H12BrN3O2/c1-6(15)3-8-9(16-2)5-14-10(13-8)7(11)4-12-14/h4-6,15H,3H2,1-2H3.